The van der Waals surface area contributed by atoms with E-state index in [1.165, 1.54) is 0 Å². The van der Waals surface area contributed by atoms with Gasteiger partial charge in [-0.1, -0.05) is 13.3 Å². The summed E-state index contributed by atoms with van der Waals surface area (Å²) in [6.07, 6.45) is 2.88. The average molecular weight is 380 g/mol. The number of carbonyl (C=O) groups is 1. The van der Waals surface area contributed by atoms with Crippen molar-refractivity contribution in [2.24, 2.45) is 0 Å². The number of ketones is 1. The van der Waals surface area contributed by atoms with Crippen molar-refractivity contribution in [3.05, 3.63) is 69.6 Å². The third-order valence-electron chi connectivity index (χ3n) is 4.77. The monoisotopic (exact) mass is 380 g/mol. The number of aryl methyl sites for hydroxylation is 2. The topological polar surface area (TPSA) is 65.7 Å². The number of carbonyl (C=O) groups excluding carboxylic acids is 1. The highest BCUT2D eigenvalue weighted by molar-refractivity contribution is 5.97. The van der Waals surface area contributed by atoms with Gasteiger partial charge in [0.15, 0.2) is 12.4 Å². The number of hydrogen-bond donors (Lipinski definition) is 0. The summed E-state index contributed by atoms with van der Waals surface area (Å²) in [5.74, 6) is 1.09. The summed E-state index contributed by atoms with van der Waals surface area (Å²) in [6, 6.07) is 12.2. The second-order valence-corrected chi connectivity index (χ2v) is 6.70. The Morgan fingerprint density at radius 1 is 1.11 bits per heavy atom. The molecule has 0 aliphatic carbocycles. The normalized spacial score (nSPS) is 10.8. The molecule has 0 saturated carbocycles. The standard InChI is InChI=1S/C23H24O5/c1-4-5-6-17-13-22(25)28-23-15(2)21(12-11-19(17)23)27-14-20(24)16-7-9-18(26-3)10-8-16/h7-13H,4-6,14H2,1-3H3. The van der Waals surface area contributed by atoms with Crippen molar-refractivity contribution < 1.29 is 18.7 Å². The molecule has 146 valence electrons. The molecule has 0 atom stereocenters. The van der Waals surface area contributed by atoms with Crippen LogP contribution < -0.4 is 15.1 Å². The summed E-state index contributed by atoms with van der Waals surface area (Å²) in [5, 5.41) is 0.916. The van der Waals surface area contributed by atoms with Gasteiger partial charge in [0, 0.05) is 22.6 Å². The third kappa shape index (κ3) is 4.25. The van der Waals surface area contributed by atoms with E-state index in [0.29, 0.717) is 22.6 Å². The minimum atomic E-state index is -0.367. The average Bonchev–Trinajstić information content (AvgIpc) is 2.71. The summed E-state index contributed by atoms with van der Waals surface area (Å²) in [7, 11) is 1.58. The van der Waals surface area contributed by atoms with E-state index in [4.69, 9.17) is 13.9 Å². The Bertz CT molecular complexity index is 1030. The van der Waals surface area contributed by atoms with E-state index in [-0.39, 0.29) is 18.0 Å². The van der Waals surface area contributed by atoms with E-state index >= 15 is 0 Å². The molecule has 0 unspecified atom stereocenters. The van der Waals surface area contributed by atoms with Crippen LogP contribution in [-0.2, 0) is 6.42 Å². The van der Waals surface area contributed by atoms with Crippen molar-refractivity contribution in [2.45, 2.75) is 33.1 Å². The molecule has 0 aliphatic rings. The van der Waals surface area contributed by atoms with Crippen molar-refractivity contribution >= 4 is 16.8 Å². The lowest BCUT2D eigenvalue weighted by molar-refractivity contribution is 0.0921. The van der Waals surface area contributed by atoms with E-state index < -0.39 is 0 Å². The maximum atomic E-state index is 12.4. The van der Waals surface area contributed by atoms with Gasteiger partial charge >= 0.3 is 5.63 Å². The van der Waals surface area contributed by atoms with Crippen LogP contribution in [0.15, 0.2) is 51.7 Å². The zero-order chi connectivity index (χ0) is 20.1. The lowest BCUT2D eigenvalue weighted by Crippen LogP contribution is -2.12. The Labute approximate surface area is 163 Å². The minimum Gasteiger partial charge on any atom is -0.497 e. The molecule has 0 radical (unpaired) electrons. The first-order chi connectivity index (χ1) is 13.5. The van der Waals surface area contributed by atoms with Crippen molar-refractivity contribution in [3.8, 4) is 11.5 Å². The van der Waals surface area contributed by atoms with E-state index in [2.05, 4.69) is 6.92 Å². The van der Waals surface area contributed by atoms with Gasteiger partial charge in [-0.15, -0.1) is 0 Å². The van der Waals surface area contributed by atoms with Crippen molar-refractivity contribution in [3.63, 3.8) is 0 Å². The fourth-order valence-corrected chi connectivity index (χ4v) is 3.14. The third-order valence-corrected chi connectivity index (χ3v) is 4.77. The van der Waals surface area contributed by atoms with Gasteiger partial charge in [-0.05, 0) is 61.7 Å². The van der Waals surface area contributed by atoms with Crippen LogP contribution in [-0.4, -0.2) is 19.5 Å². The molecule has 0 N–H and O–H groups in total. The van der Waals surface area contributed by atoms with E-state index in [0.717, 1.165) is 35.8 Å². The molecule has 3 aromatic rings. The molecule has 0 saturated heterocycles. The van der Waals surface area contributed by atoms with Crippen LogP contribution in [0.1, 0.15) is 41.3 Å². The summed E-state index contributed by atoms with van der Waals surface area (Å²) < 4.78 is 16.3. The van der Waals surface area contributed by atoms with Gasteiger partial charge in [-0.25, -0.2) is 4.79 Å². The van der Waals surface area contributed by atoms with Gasteiger partial charge in [-0.2, -0.15) is 0 Å². The number of benzene rings is 2. The maximum Gasteiger partial charge on any atom is 0.336 e. The number of unbranched alkanes of at least 4 members (excludes halogenated alkanes) is 1. The molecule has 0 aliphatic heterocycles. The quantitative estimate of drug-likeness (QED) is 0.418. The predicted molar refractivity (Wildman–Crippen MR) is 109 cm³/mol. The Hall–Kier alpha value is -3.08. The van der Waals surface area contributed by atoms with Crippen molar-refractivity contribution in [1.82, 2.24) is 0 Å². The fourth-order valence-electron chi connectivity index (χ4n) is 3.14. The molecule has 2 aromatic carbocycles. The number of rotatable bonds is 8. The summed E-state index contributed by atoms with van der Waals surface area (Å²) in [4.78, 5) is 24.3. The molecule has 0 bridgehead atoms. The molecule has 3 rings (SSSR count). The molecule has 0 amide bonds. The highest BCUT2D eigenvalue weighted by Gasteiger charge is 2.13. The highest BCUT2D eigenvalue weighted by atomic mass is 16.5. The number of Topliss-reactive ketones (excluding diaryl/α,β-unsaturated/α-hetero) is 1. The van der Waals surface area contributed by atoms with Crippen molar-refractivity contribution in [2.75, 3.05) is 13.7 Å². The molecular weight excluding hydrogens is 356 g/mol. The Kier molecular flexibility index (Phi) is 6.14. The van der Waals surface area contributed by atoms with E-state index in [1.807, 2.05) is 19.1 Å². The summed E-state index contributed by atoms with van der Waals surface area (Å²) >= 11 is 0. The molecule has 28 heavy (non-hydrogen) atoms. The van der Waals surface area contributed by atoms with Crippen LogP contribution in [0.25, 0.3) is 11.0 Å². The Morgan fingerprint density at radius 2 is 1.86 bits per heavy atom. The minimum absolute atomic E-state index is 0.0988. The summed E-state index contributed by atoms with van der Waals surface area (Å²) in [5.41, 5.74) is 2.40. The summed E-state index contributed by atoms with van der Waals surface area (Å²) in [6.45, 7) is 3.85. The lowest BCUT2D eigenvalue weighted by atomic mass is 10.0. The Morgan fingerprint density at radius 3 is 2.54 bits per heavy atom. The molecular formula is C23H24O5. The van der Waals surface area contributed by atoms with Gasteiger partial charge in [-0.3, -0.25) is 4.79 Å². The molecule has 0 spiro atoms. The van der Waals surface area contributed by atoms with E-state index in [9.17, 15) is 9.59 Å². The largest absolute Gasteiger partial charge is 0.497 e. The van der Waals surface area contributed by atoms with Crippen LogP contribution >= 0.6 is 0 Å². The second kappa shape index (κ2) is 8.74. The molecule has 5 heteroatoms. The second-order valence-electron chi connectivity index (χ2n) is 6.70. The maximum absolute atomic E-state index is 12.4. The molecule has 1 heterocycles. The fraction of sp³-hybridized carbons (Fsp3) is 0.304. The van der Waals surface area contributed by atoms with Gasteiger partial charge in [0.2, 0.25) is 0 Å². The Balaban J connectivity index is 1.82. The van der Waals surface area contributed by atoms with E-state index in [1.54, 1.807) is 37.4 Å². The van der Waals surface area contributed by atoms with Gasteiger partial charge in [0.1, 0.15) is 17.1 Å². The first-order valence-corrected chi connectivity index (χ1v) is 9.40. The lowest BCUT2D eigenvalue weighted by Gasteiger charge is -2.12. The van der Waals surface area contributed by atoms with Crippen LogP contribution in [0.2, 0.25) is 0 Å². The predicted octanol–water partition coefficient (Wildman–Crippen LogP) is 4.71. The zero-order valence-corrected chi connectivity index (χ0v) is 16.4. The SMILES string of the molecule is CCCCc1cc(=O)oc2c(C)c(OCC(=O)c3ccc(OC)cc3)ccc12. The highest BCUT2D eigenvalue weighted by Crippen LogP contribution is 2.29. The van der Waals surface area contributed by atoms with Crippen LogP contribution in [0.4, 0.5) is 0 Å². The van der Waals surface area contributed by atoms with Gasteiger partial charge in [0.05, 0.1) is 7.11 Å². The zero-order valence-electron chi connectivity index (χ0n) is 16.4. The number of ether oxygens (including phenoxy) is 2. The van der Waals surface area contributed by atoms with Crippen LogP contribution in [0.3, 0.4) is 0 Å². The molecule has 0 fully saturated rings. The first-order valence-electron chi connectivity index (χ1n) is 9.40. The van der Waals surface area contributed by atoms with Crippen molar-refractivity contribution in [1.29, 1.82) is 0 Å². The van der Waals surface area contributed by atoms with Gasteiger partial charge in [0.25, 0.3) is 0 Å². The molecule has 1 aromatic heterocycles. The van der Waals surface area contributed by atoms with Crippen LogP contribution in [0.5, 0.6) is 11.5 Å². The number of fused-ring (bicyclic) bond motifs is 1. The molecule has 5 nitrogen and oxygen atoms in total. The number of methoxy groups -OCH3 is 1. The van der Waals surface area contributed by atoms with Gasteiger partial charge < -0.3 is 13.9 Å². The first kappa shape index (κ1) is 19.7. The smallest absolute Gasteiger partial charge is 0.336 e. The van der Waals surface area contributed by atoms with Crippen LogP contribution in [0, 0.1) is 6.92 Å². The number of hydrogen-bond acceptors (Lipinski definition) is 5.